The first-order valence-corrected chi connectivity index (χ1v) is 9.45. The first-order chi connectivity index (χ1) is 13.1. The van der Waals surface area contributed by atoms with E-state index in [1.807, 2.05) is 24.3 Å². The molecule has 1 aromatic rings. The van der Waals surface area contributed by atoms with Gasteiger partial charge >= 0.3 is 5.97 Å². The highest BCUT2D eigenvalue weighted by Crippen LogP contribution is 2.37. The topological polar surface area (TPSA) is 84.0 Å². The predicted octanol–water partition coefficient (Wildman–Crippen LogP) is 1.29. The Hall–Kier alpha value is -2.70. The number of esters is 1. The number of nitrogens with zero attached hydrogens (tertiary/aromatic N) is 2. The molecule has 0 aromatic heterocycles. The van der Waals surface area contributed by atoms with E-state index in [2.05, 4.69) is 0 Å². The summed E-state index contributed by atoms with van der Waals surface area (Å²) >= 11 is 0. The Bertz CT molecular complexity index is 781. The number of hydrogen-bond acceptors (Lipinski definition) is 5. The minimum atomic E-state index is -0.726. The second-order valence-corrected chi connectivity index (χ2v) is 7.34. The summed E-state index contributed by atoms with van der Waals surface area (Å²) in [6, 6.07) is 7.62. The number of carbonyl (C=O) groups is 4. The maximum absolute atomic E-state index is 12.4. The number of likely N-dealkylation sites (tertiary alicyclic amines) is 1. The monoisotopic (exact) mass is 370 g/mol. The molecule has 0 unspecified atom stereocenters. The Kier molecular flexibility index (Phi) is 4.68. The van der Waals surface area contributed by atoms with Crippen molar-refractivity contribution < 1.29 is 23.9 Å². The van der Waals surface area contributed by atoms with Crippen LogP contribution < -0.4 is 4.90 Å². The molecule has 3 amide bonds. The van der Waals surface area contributed by atoms with Crippen molar-refractivity contribution in [2.45, 2.75) is 32.1 Å². The van der Waals surface area contributed by atoms with E-state index in [-0.39, 0.29) is 29.6 Å². The molecule has 1 saturated heterocycles. The molecule has 2 aliphatic heterocycles. The number of ether oxygens (including phenoxy) is 1. The summed E-state index contributed by atoms with van der Waals surface area (Å²) in [6.45, 7) is -0.243. The molecular formula is C20H22N2O5. The Morgan fingerprint density at radius 3 is 2.41 bits per heavy atom. The number of fused-ring (bicyclic) bond motifs is 2. The van der Waals surface area contributed by atoms with Gasteiger partial charge in [-0.25, -0.2) is 0 Å². The number of amides is 3. The number of anilines is 1. The molecule has 7 heteroatoms. The summed E-state index contributed by atoms with van der Waals surface area (Å²) in [7, 11) is 0. The molecule has 2 atom stereocenters. The lowest BCUT2D eigenvalue weighted by Crippen LogP contribution is -2.38. The normalized spacial score (nSPS) is 24.0. The lowest BCUT2D eigenvalue weighted by Gasteiger charge is -2.19. The van der Waals surface area contributed by atoms with Crippen LogP contribution in [-0.2, 0) is 30.3 Å². The van der Waals surface area contributed by atoms with Crippen LogP contribution in [0.1, 0.15) is 31.2 Å². The minimum absolute atomic E-state index is 0.276. The maximum atomic E-state index is 12.4. The van der Waals surface area contributed by atoms with Crippen LogP contribution in [0.5, 0.6) is 0 Å². The molecule has 1 aliphatic carbocycles. The third-order valence-electron chi connectivity index (χ3n) is 5.76. The van der Waals surface area contributed by atoms with Crippen molar-refractivity contribution in [3.8, 4) is 0 Å². The highest BCUT2D eigenvalue weighted by Gasteiger charge is 2.48. The van der Waals surface area contributed by atoms with E-state index >= 15 is 0 Å². The summed E-state index contributed by atoms with van der Waals surface area (Å²) in [5.41, 5.74) is 1.93. The fourth-order valence-corrected chi connectivity index (χ4v) is 4.38. The molecule has 1 saturated carbocycles. The van der Waals surface area contributed by atoms with Crippen LogP contribution in [0, 0.1) is 11.8 Å². The molecule has 0 radical (unpaired) electrons. The minimum Gasteiger partial charge on any atom is -0.454 e. The van der Waals surface area contributed by atoms with Crippen LogP contribution in [0.4, 0.5) is 5.69 Å². The zero-order valence-electron chi connectivity index (χ0n) is 15.1. The van der Waals surface area contributed by atoms with Crippen molar-refractivity contribution in [3.05, 3.63) is 29.8 Å². The van der Waals surface area contributed by atoms with Crippen molar-refractivity contribution in [2.24, 2.45) is 11.8 Å². The predicted molar refractivity (Wildman–Crippen MR) is 95.6 cm³/mol. The van der Waals surface area contributed by atoms with Crippen LogP contribution in [0.3, 0.4) is 0 Å². The SMILES string of the molecule is O=C(CN1C(=O)[C@H]2CCCC[C@H]2C1=O)OCC(=O)N1CCc2ccccc21. The standard InChI is InChI=1S/C20H22N2O5/c23-17(21-10-9-13-5-1-4-8-16(13)21)12-27-18(24)11-22-19(25)14-6-2-3-7-15(14)20(22)26/h1,4-5,8,14-15H,2-3,6-7,9-12H2/t14-,15+. The summed E-state index contributed by atoms with van der Waals surface area (Å²) in [6.07, 6.45) is 4.05. The Morgan fingerprint density at radius 2 is 1.70 bits per heavy atom. The molecule has 142 valence electrons. The van der Waals surface area contributed by atoms with Gasteiger partial charge in [0.1, 0.15) is 6.54 Å². The van der Waals surface area contributed by atoms with Gasteiger partial charge in [-0.05, 0) is 30.9 Å². The van der Waals surface area contributed by atoms with Gasteiger partial charge in [0.2, 0.25) is 11.8 Å². The van der Waals surface area contributed by atoms with E-state index in [9.17, 15) is 19.2 Å². The summed E-state index contributed by atoms with van der Waals surface area (Å²) < 4.78 is 5.07. The number of imide groups is 1. The van der Waals surface area contributed by atoms with Gasteiger partial charge in [0, 0.05) is 12.2 Å². The Labute approximate surface area is 157 Å². The van der Waals surface area contributed by atoms with E-state index in [0.717, 1.165) is 35.4 Å². The fourth-order valence-electron chi connectivity index (χ4n) is 4.38. The average Bonchev–Trinajstić information content (AvgIpc) is 3.22. The second kappa shape index (κ2) is 7.13. The van der Waals surface area contributed by atoms with Crippen molar-refractivity contribution in [1.82, 2.24) is 4.90 Å². The lowest BCUT2D eigenvalue weighted by atomic mass is 9.81. The van der Waals surface area contributed by atoms with Gasteiger partial charge < -0.3 is 9.64 Å². The Morgan fingerprint density at radius 1 is 1.04 bits per heavy atom. The van der Waals surface area contributed by atoms with Gasteiger partial charge in [0.25, 0.3) is 5.91 Å². The fraction of sp³-hybridized carbons (Fsp3) is 0.500. The van der Waals surface area contributed by atoms with Crippen molar-refractivity contribution >= 4 is 29.4 Å². The second-order valence-electron chi connectivity index (χ2n) is 7.34. The summed E-state index contributed by atoms with van der Waals surface area (Å²) in [5.74, 6) is -2.16. The quantitative estimate of drug-likeness (QED) is 0.589. The number of carbonyl (C=O) groups excluding carboxylic acids is 4. The number of rotatable bonds is 4. The molecule has 0 N–H and O–H groups in total. The highest BCUT2D eigenvalue weighted by molar-refractivity contribution is 6.07. The lowest BCUT2D eigenvalue weighted by molar-refractivity contribution is -0.154. The van der Waals surface area contributed by atoms with E-state index < -0.39 is 19.1 Å². The van der Waals surface area contributed by atoms with E-state index in [1.165, 1.54) is 0 Å². The molecule has 2 fully saturated rings. The number of para-hydroxylation sites is 1. The first-order valence-electron chi connectivity index (χ1n) is 9.45. The molecule has 3 aliphatic rings. The van der Waals surface area contributed by atoms with E-state index in [4.69, 9.17) is 4.74 Å². The van der Waals surface area contributed by atoms with Gasteiger partial charge in [-0.3, -0.25) is 24.1 Å². The average molecular weight is 370 g/mol. The van der Waals surface area contributed by atoms with E-state index in [0.29, 0.717) is 19.4 Å². The van der Waals surface area contributed by atoms with Gasteiger partial charge in [0.15, 0.2) is 6.61 Å². The van der Waals surface area contributed by atoms with Gasteiger partial charge in [-0.1, -0.05) is 31.0 Å². The third kappa shape index (κ3) is 3.22. The molecule has 1 aromatic carbocycles. The molecule has 7 nitrogen and oxygen atoms in total. The molecule has 4 rings (SSSR count). The molecule has 2 heterocycles. The summed E-state index contributed by atoms with van der Waals surface area (Å²) in [5, 5.41) is 0. The maximum Gasteiger partial charge on any atom is 0.326 e. The van der Waals surface area contributed by atoms with Gasteiger partial charge in [0.05, 0.1) is 11.8 Å². The van der Waals surface area contributed by atoms with Crippen molar-refractivity contribution in [3.63, 3.8) is 0 Å². The van der Waals surface area contributed by atoms with Gasteiger partial charge in [-0.2, -0.15) is 0 Å². The van der Waals surface area contributed by atoms with Crippen LogP contribution in [0.25, 0.3) is 0 Å². The smallest absolute Gasteiger partial charge is 0.326 e. The van der Waals surface area contributed by atoms with Crippen molar-refractivity contribution in [2.75, 3.05) is 24.6 Å². The Balaban J connectivity index is 1.32. The summed E-state index contributed by atoms with van der Waals surface area (Å²) in [4.78, 5) is 51.9. The molecule has 0 spiro atoms. The van der Waals surface area contributed by atoms with Crippen molar-refractivity contribution in [1.29, 1.82) is 0 Å². The zero-order valence-corrected chi connectivity index (χ0v) is 15.1. The third-order valence-corrected chi connectivity index (χ3v) is 5.76. The molecule has 0 bridgehead atoms. The van der Waals surface area contributed by atoms with Crippen LogP contribution >= 0.6 is 0 Å². The largest absolute Gasteiger partial charge is 0.454 e. The number of hydrogen-bond donors (Lipinski definition) is 0. The first kappa shape index (κ1) is 17.7. The zero-order chi connectivity index (χ0) is 19.0. The van der Waals surface area contributed by atoms with E-state index in [1.54, 1.807) is 4.90 Å². The molecular weight excluding hydrogens is 348 g/mol. The van der Waals surface area contributed by atoms with Crippen LogP contribution in [0.15, 0.2) is 24.3 Å². The van der Waals surface area contributed by atoms with Crippen LogP contribution in [0.2, 0.25) is 0 Å². The van der Waals surface area contributed by atoms with Gasteiger partial charge in [-0.15, -0.1) is 0 Å². The highest BCUT2D eigenvalue weighted by atomic mass is 16.5. The van der Waals surface area contributed by atoms with Crippen LogP contribution in [-0.4, -0.2) is 48.3 Å². The number of benzene rings is 1. The molecule has 27 heavy (non-hydrogen) atoms.